The van der Waals surface area contributed by atoms with Gasteiger partial charge in [0, 0.05) is 25.2 Å². The van der Waals surface area contributed by atoms with Gasteiger partial charge in [-0.1, -0.05) is 37.3 Å². The third-order valence-electron chi connectivity index (χ3n) is 4.63. The molecule has 1 aliphatic heterocycles. The maximum absolute atomic E-state index is 12.0. The maximum atomic E-state index is 12.0. The van der Waals surface area contributed by atoms with Crippen LogP contribution in [0.25, 0.3) is 0 Å². The summed E-state index contributed by atoms with van der Waals surface area (Å²) in [5, 5.41) is 3.05. The molecule has 0 spiro atoms. The molecule has 1 amide bonds. The molecule has 0 aliphatic carbocycles. The first kappa shape index (κ1) is 17.8. The van der Waals surface area contributed by atoms with Crippen LogP contribution in [-0.2, 0) is 11.3 Å². The molecule has 1 fully saturated rings. The Kier molecular flexibility index (Phi) is 5.69. The number of carbonyl (C=O) groups is 1. The van der Waals surface area contributed by atoms with E-state index in [4.69, 9.17) is 4.74 Å². The lowest BCUT2D eigenvalue weighted by Crippen LogP contribution is -2.54. The lowest BCUT2D eigenvalue weighted by atomic mass is 9.87. The monoisotopic (exact) mass is 318 g/mol. The lowest BCUT2D eigenvalue weighted by molar-refractivity contribution is 0.0362. The van der Waals surface area contributed by atoms with Crippen LogP contribution in [0.1, 0.15) is 46.6 Å². The standard InChI is InChI=1S/C19H30N2O2/c1-14-15(2)21(13-16-9-7-6-8-10-16)12-11-17(14)20-18(22)23-19(3,4)5/h6-10,14-15,17H,11-13H2,1-5H3,(H,20,22)/t14-,15+,17+/m0/s1. The number of amides is 1. The van der Waals surface area contributed by atoms with Gasteiger partial charge in [0.15, 0.2) is 0 Å². The van der Waals surface area contributed by atoms with E-state index in [9.17, 15) is 4.79 Å². The predicted octanol–water partition coefficient (Wildman–Crippen LogP) is 3.81. The van der Waals surface area contributed by atoms with Crippen molar-refractivity contribution >= 4 is 6.09 Å². The van der Waals surface area contributed by atoms with Gasteiger partial charge in [-0.05, 0) is 45.6 Å². The first-order valence-electron chi connectivity index (χ1n) is 8.54. The number of benzene rings is 1. The highest BCUT2D eigenvalue weighted by Gasteiger charge is 2.34. The van der Waals surface area contributed by atoms with Crippen LogP contribution in [0.2, 0.25) is 0 Å². The maximum Gasteiger partial charge on any atom is 0.407 e. The molecule has 1 aliphatic rings. The third-order valence-corrected chi connectivity index (χ3v) is 4.63. The van der Waals surface area contributed by atoms with Crippen LogP contribution < -0.4 is 5.32 Å². The molecule has 0 bridgehead atoms. The molecule has 1 saturated heterocycles. The van der Waals surface area contributed by atoms with Crippen molar-refractivity contribution in [1.82, 2.24) is 10.2 Å². The molecule has 2 rings (SSSR count). The number of rotatable bonds is 3. The van der Waals surface area contributed by atoms with E-state index in [1.165, 1.54) is 5.56 Å². The number of piperidine rings is 1. The largest absolute Gasteiger partial charge is 0.444 e. The Morgan fingerprint density at radius 2 is 1.91 bits per heavy atom. The smallest absolute Gasteiger partial charge is 0.407 e. The predicted molar refractivity (Wildman–Crippen MR) is 93.3 cm³/mol. The van der Waals surface area contributed by atoms with E-state index < -0.39 is 5.60 Å². The molecule has 23 heavy (non-hydrogen) atoms. The van der Waals surface area contributed by atoms with Crippen molar-refractivity contribution in [3.63, 3.8) is 0 Å². The Morgan fingerprint density at radius 3 is 2.52 bits per heavy atom. The van der Waals surface area contributed by atoms with E-state index in [1.54, 1.807) is 0 Å². The molecular formula is C19H30N2O2. The minimum Gasteiger partial charge on any atom is -0.444 e. The van der Waals surface area contributed by atoms with Crippen LogP contribution >= 0.6 is 0 Å². The minimum atomic E-state index is -0.451. The second-order valence-electron chi connectivity index (χ2n) is 7.60. The average Bonchev–Trinajstić information content (AvgIpc) is 2.46. The summed E-state index contributed by atoms with van der Waals surface area (Å²) in [6, 6.07) is 11.1. The third kappa shape index (κ3) is 5.24. The summed E-state index contributed by atoms with van der Waals surface area (Å²) in [6.07, 6.45) is 0.649. The van der Waals surface area contributed by atoms with Gasteiger partial charge < -0.3 is 10.1 Å². The van der Waals surface area contributed by atoms with E-state index in [1.807, 2.05) is 26.8 Å². The molecule has 4 heteroatoms. The fourth-order valence-electron chi connectivity index (χ4n) is 3.14. The zero-order valence-electron chi connectivity index (χ0n) is 15.0. The fourth-order valence-corrected chi connectivity index (χ4v) is 3.14. The molecule has 1 heterocycles. The van der Waals surface area contributed by atoms with Gasteiger partial charge in [0.2, 0.25) is 0 Å². The highest BCUT2D eigenvalue weighted by molar-refractivity contribution is 5.68. The quantitative estimate of drug-likeness (QED) is 0.921. The van der Waals surface area contributed by atoms with E-state index >= 15 is 0 Å². The Morgan fingerprint density at radius 1 is 1.26 bits per heavy atom. The van der Waals surface area contributed by atoms with Gasteiger partial charge >= 0.3 is 6.09 Å². The first-order valence-corrected chi connectivity index (χ1v) is 8.54. The molecule has 0 aromatic heterocycles. The second-order valence-corrected chi connectivity index (χ2v) is 7.60. The Hall–Kier alpha value is -1.55. The van der Waals surface area contributed by atoms with Crippen molar-refractivity contribution in [3.05, 3.63) is 35.9 Å². The van der Waals surface area contributed by atoms with Crippen molar-refractivity contribution in [3.8, 4) is 0 Å². The van der Waals surface area contributed by atoms with Gasteiger partial charge in [-0.2, -0.15) is 0 Å². The molecule has 128 valence electrons. The fraction of sp³-hybridized carbons (Fsp3) is 0.632. The minimum absolute atomic E-state index is 0.173. The Bertz CT molecular complexity index is 510. The summed E-state index contributed by atoms with van der Waals surface area (Å²) in [6.45, 7) is 12.1. The van der Waals surface area contributed by atoms with Gasteiger partial charge in [0.1, 0.15) is 5.60 Å². The van der Waals surface area contributed by atoms with Gasteiger partial charge in [-0.15, -0.1) is 0 Å². The van der Waals surface area contributed by atoms with Crippen molar-refractivity contribution in [2.75, 3.05) is 6.54 Å². The van der Waals surface area contributed by atoms with Crippen molar-refractivity contribution in [2.45, 2.75) is 65.3 Å². The van der Waals surface area contributed by atoms with Crippen LogP contribution in [0.4, 0.5) is 4.79 Å². The summed E-state index contributed by atoms with van der Waals surface area (Å²) in [5.74, 6) is 0.389. The average molecular weight is 318 g/mol. The topological polar surface area (TPSA) is 41.6 Å². The van der Waals surface area contributed by atoms with Gasteiger partial charge in [-0.3, -0.25) is 4.90 Å². The molecule has 1 N–H and O–H groups in total. The first-order chi connectivity index (χ1) is 10.8. The molecule has 3 atom stereocenters. The Labute approximate surface area is 140 Å². The van der Waals surface area contributed by atoms with Crippen LogP contribution in [0.5, 0.6) is 0 Å². The van der Waals surface area contributed by atoms with E-state index in [2.05, 4.69) is 48.3 Å². The summed E-state index contributed by atoms with van der Waals surface area (Å²) < 4.78 is 5.38. The molecule has 0 radical (unpaired) electrons. The number of hydrogen-bond acceptors (Lipinski definition) is 3. The van der Waals surface area contributed by atoms with Gasteiger partial charge in [-0.25, -0.2) is 4.79 Å². The normalized spacial score (nSPS) is 25.9. The van der Waals surface area contributed by atoms with Crippen molar-refractivity contribution in [2.24, 2.45) is 5.92 Å². The SMILES string of the molecule is C[C@H]1[C@@H](C)N(Cc2ccccc2)CC[C@H]1NC(=O)OC(C)(C)C. The van der Waals surface area contributed by atoms with Crippen molar-refractivity contribution in [1.29, 1.82) is 0 Å². The van der Waals surface area contributed by atoms with Crippen LogP contribution in [0.15, 0.2) is 30.3 Å². The number of ether oxygens (including phenoxy) is 1. The summed E-state index contributed by atoms with van der Waals surface area (Å²) in [5.41, 5.74) is 0.887. The van der Waals surface area contributed by atoms with E-state index in [0.29, 0.717) is 12.0 Å². The number of nitrogens with zero attached hydrogens (tertiary/aromatic N) is 1. The highest BCUT2D eigenvalue weighted by atomic mass is 16.6. The van der Waals surface area contributed by atoms with E-state index in [0.717, 1.165) is 19.5 Å². The highest BCUT2D eigenvalue weighted by Crippen LogP contribution is 2.25. The summed E-state index contributed by atoms with van der Waals surface area (Å²) in [4.78, 5) is 14.5. The lowest BCUT2D eigenvalue weighted by Gasteiger charge is -2.43. The van der Waals surface area contributed by atoms with Crippen molar-refractivity contribution < 1.29 is 9.53 Å². The number of carbonyl (C=O) groups excluding carboxylic acids is 1. The van der Waals surface area contributed by atoms with Gasteiger partial charge in [0.25, 0.3) is 0 Å². The number of hydrogen-bond donors (Lipinski definition) is 1. The summed E-state index contributed by atoms with van der Waals surface area (Å²) in [7, 11) is 0. The molecule has 1 aromatic carbocycles. The van der Waals surface area contributed by atoms with Crippen LogP contribution in [0.3, 0.4) is 0 Å². The molecular weight excluding hydrogens is 288 g/mol. The van der Waals surface area contributed by atoms with Crippen LogP contribution in [0, 0.1) is 5.92 Å². The zero-order chi connectivity index (χ0) is 17.0. The van der Waals surface area contributed by atoms with Crippen LogP contribution in [-0.4, -0.2) is 35.2 Å². The molecule has 0 unspecified atom stereocenters. The number of likely N-dealkylation sites (tertiary alicyclic amines) is 1. The number of nitrogens with one attached hydrogen (secondary N) is 1. The molecule has 0 saturated carbocycles. The molecule has 4 nitrogen and oxygen atoms in total. The Balaban J connectivity index is 1.90. The summed E-state index contributed by atoms with van der Waals surface area (Å²) >= 11 is 0. The van der Waals surface area contributed by atoms with Gasteiger partial charge in [0.05, 0.1) is 0 Å². The zero-order valence-corrected chi connectivity index (χ0v) is 15.0. The number of alkyl carbamates (subject to hydrolysis) is 1. The molecule has 1 aromatic rings. The second kappa shape index (κ2) is 7.35. The van der Waals surface area contributed by atoms with E-state index in [-0.39, 0.29) is 12.1 Å².